The van der Waals surface area contributed by atoms with Crippen LogP contribution in [-0.4, -0.2) is 31.3 Å². The Morgan fingerprint density at radius 2 is 2.35 bits per heavy atom. The highest BCUT2D eigenvalue weighted by atomic mass is 16.5. The molecule has 1 atom stereocenters. The summed E-state index contributed by atoms with van der Waals surface area (Å²) in [7, 11) is 3.61. The number of benzene rings is 1. The fourth-order valence-corrected chi connectivity index (χ4v) is 2.39. The van der Waals surface area contributed by atoms with Crippen molar-refractivity contribution in [3.05, 3.63) is 23.8 Å². The van der Waals surface area contributed by atoms with Crippen LogP contribution in [0, 0.1) is 0 Å². The summed E-state index contributed by atoms with van der Waals surface area (Å²) in [5.41, 5.74) is 2.34. The molecule has 0 amide bonds. The highest BCUT2D eigenvalue weighted by molar-refractivity contribution is 5.69. The number of rotatable bonds is 3. The molecule has 1 aliphatic heterocycles. The van der Waals surface area contributed by atoms with Gasteiger partial charge in [0, 0.05) is 18.8 Å². The van der Waals surface area contributed by atoms with Gasteiger partial charge >= 0.3 is 5.97 Å². The van der Waals surface area contributed by atoms with E-state index in [1.807, 2.05) is 25.2 Å². The zero-order valence-corrected chi connectivity index (χ0v) is 10.1. The number of nitrogens with zero attached hydrogens (tertiary/aromatic N) is 1. The minimum absolute atomic E-state index is 0.0911. The van der Waals surface area contributed by atoms with Crippen molar-refractivity contribution in [2.24, 2.45) is 0 Å². The normalized spacial score (nSPS) is 18.7. The van der Waals surface area contributed by atoms with Crippen LogP contribution in [0.1, 0.15) is 18.4 Å². The molecule has 2 rings (SSSR count). The van der Waals surface area contributed by atoms with Gasteiger partial charge in [0.05, 0.1) is 13.5 Å². The summed E-state index contributed by atoms with van der Waals surface area (Å²) in [6.07, 6.45) is 1.99. The number of fused-ring (bicyclic) bond motifs is 1. The zero-order valence-electron chi connectivity index (χ0n) is 10.1. The molecule has 0 aromatic heterocycles. The van der Waals surface area contributed by atoms with E-state index in [4.69, 9.17) is 9.84 Å². The van der Waals surface area contributed by atoms with Gasteiger partial charge in [-0.05, 0) is 36.6 Å². The molecule has 1 heterocycles. The smallest absolute Gasteiger partial charge is 0.305 e. The van der Waals surface area contributed by atoms with Crippen molar-refractivity contribution < 1.29 is 14.6 Å². The SMILES string of the molecule is COc1ccc2c(c1)CCC(CC(=O)O)N2C. The number of methoxy groups -OCH3 is 1. The topological polar surface area (TPSA) is 49.8 Å². The second-order valence-electron chi connectivity index (χ2n) is 4.40. The van der Waals surface area contributed by atoms with Gasteiger partial charge in [0.25, 0.3) is 0 Å². The third kappa shape index (κ3) is 2.35. The first-order valence-electron chi connectivity index (χ1n) is 5.73. The number of carboxylic acid groups (broad SMARTS) is 1. The van der Waals surface area contributed by atoms with Gasteiger partial charge in [-0.3, -0.25) is 4.79 Å². The molecule has 1 aliphatic rings. The van der Waals surface area contributed by atoms with Gasteiger partial charge in [0.1, 0.15) is 5.75 Å². The van der Waals surface area contributed by atoms with E-state index < -0.39 is 5.97 Å². The maximum absolute atomic E-state index is 10.8. The molecule has 0 saturated heterocycles. The molecule has 0 radical (unpaired) electrons. The van der Waals surface area contributed by atoms with Crippen LogP contribution < -0.4 is 9.64 Å². The van der Waals surface area contributed by atoms with Crippen LogP contribution in [-0.2, 0) is 11.2 Å². The monoisotopic (exact) mass is 235 g/mol. The lowest BCUT2D eigenvalue weighted by Crippen LogP contribution is -2.37. The van der Waals surface area contributed by atoms with E-state index in [2.05, 4.69) is 4.90 Å². The molecule has 0 aliphatic carbocycles. The van der Waals surface area contributed by atoms with Gasteiger partial charge in [0.2, 0.25) is 0 Å². The molecule has 17 heavy (non-hydrogen) atoms. The summed E-state index contributed by atoms with van der Waals surface area (Å²) in [4.78, 5) is 12.8. The number of hydrogen-bond acceptors (Lipinski definition) is 3. The van der Waals surface area contributed by atoms with E-state index in [0.717, 1.165) is 24.3 Å². The molecule has 0 saturated carbocycles. The van der Waals surface area contributed by atoms with Crippen LogP contribution >= 0.6 is 0 Å². The highest BCUT2D eigenvalue weighted by Gasteiger charge is 2.25. The molecule has 1 N–H and O–H groups in total. The van der Waals surface area contributed by atoms with Gasteiger partial charge in [0.15, 0.2) is 0 Å². The summed E-state index contributed by atoms with van der Waals surface area (Å²) in [6, 6.07) is 6.04. The maximum atomic E-state index is 10.8. The second kappa shape index (κ2) is 4.65. The lowest BCUT2D eigenvalue weighted by atomic mass is 9.94. The van der Waals surface area contributed by atoms with Gasteiger partial charge in [-0.2, -0.15) is 0 Å². The molecule has 1 unspecified atom stereocenters. The van der Waals surface area contributed by atoms with Crippen molar-refractivity contribution >= 4 is 11.7 Å². The molecule has 0 fully saturated rings. The number of anilines is 1. The van der Waals surface area contributed by atoms with Crippen LogP contribution in [0.5, 0.6) is 5.75 Å². The van der Waals surface area contributed by atoms with E-state index >= 15 is 0 Å². The average Bonchev–Trinajstić information content (AvgIpc) is 2.32. The Labute approximate surface area is 101 Å². The minimum atomic E-state index is -0.737. The number of carboxylic acids is 1. The number of hydrogen-bond donors (Lipinski definition) is 1. The van der Waals surface area contributed by atoms with Crippen molar-refractivity contribution in [1.29, 1.82) is 0 Å². The standard InChI is InChI=1S/C13H17NO3/c1-14-10(8-13(15)16)4-3-9-7-11(17-2)5-6-12(9)14/h5-7,10H,3-4,8H2,1-2H3,(H,15,16). The predicted molar refractivity (Wildman–Crippen MR) is 65.8 cm³/mol. The first-order chi connectivity index (χ1) is 8.11. The van der Waals surface area contributed by atoms with Crippen LogP contribution in [0.4, 0.5) is 5.69 Å². The van der Waals surface area contributed by atoms with E-state index in [1.54, 1.807) is 7.11 Å². The van der Waals surface area contributed by atoms with Crippen molar-refractivity contribution in [2.45, 2.75) is 25.3 Å². The predicted octanol–water partition coefficient (Wildman–Crippen LogP) is 1.92. The van der Waals surface area contributed by atoms with Gasteiger partial charge in [-0.25, -0.2) is 0 Å². The van der Waals surface area contributed by atoms with Crippen LogP contribution in [0.2, 0.25) is 0 Å². The quantitative estimate of drug-likeness (QED) is 0.869. The number of carbonyl (C=O) groups is 1. The summed E-state index contributed by atoms with van der Waals surface area (Å²) < 4.78 is 5.19. The van der Waals surface area contributed by atoms with E-state index in [1.165, 1.54) is 5.56 Å². The van der Waals surface area contributed by atoms with E-state index in [0.29, 0.717) is 0 Å². The molecule has 92 valence electrons. The second-order valence-corrected chi connectivity index (χ2v) is 4.40. The molecular formula is C13H17NO3. The number of aliphatic carboxylic acids is 1. The van der Waals surface area contributed by atoms with Crippen molar-refractivity contribution in [3.8, 4) is 5.75 Å². The molecule has 0 bridgehead atoms. The van der Waals surface area contributed by atoms with Gasteiger partial charge in [-0.15, -0.1) is 0 Å². The Balaban J connectivity index is 2.23. The van der Waals surface area contributed by atoms with Crippen LogP contribution in [0.25, 0.3) is 0 Å². The highest BCUT2D eigenvalue weighted by Crippen LogP contribution is 2.33. The fourth-order valence-electron chi connectivity index (χ4n) is 2.39. The Morgan fingerprint density at radius 1 is 1.59 bits per heavy atom. The third-order valence-corrected chi connectivity index (χ3v) is 3.37. The zero-order chi connectivity index (χ0) is 12.4. The molecule has 0 spiro atoms. The Morgan fingerprint density at radius 3 is 3.00 bits per heavy atom. The lowest BCUT2D eigenvalue weighted by Gasteiger charge is -2.35. The summed E-state index contributed by atoms with van der Waals surface area (Å²) in [5, 5.41) is 8.87. The summed E-state index contributed by atoms with van der Waals surface area (Å²) in [5.74, 6) is 0.118. The van der Waals surface area contributed by atoms with Crippen molar-refractivity contribution in [1.82, 2.24) is 0 Å². The molecule has 4 heteroatoms. The number of ether oxygens (including phenoxy) is 1. The lowest BCUT2D eigenvalue weighted by molar-refractivity contribution is -0.137. The molecule has 1 aromatic rings. The summed E-state index contributed by atoms with van der Waals surface area (Å²) >= 11 is 0. The van der Waals surface area contributed by atoms with Gasteiger partial charge < -0.3 is 14.7 Å². The van der Waals surface area contributed by atoms with Gasteiger partial charge in [-0.1, -0.05) is 0 Å². The van der Waals surface area contributed by atoms with Crippen LogP contribution in [0.15, 0.2) is 18.2 Å². The van der Waals surface area contributed by atoms with E-state index in [9.17, 15) is 4.79 Å². The Bertz CT molecular complexity index is 431. The minimum Gasteiger partial charge on any atom is -0.497 e. The first-order valence-corrected chi connectivity index (χ1v) is 5.73. The maximum Gasteiger partial charge on any atom is 0.305 e. The first kappa shape index (κ1) is 11.8. The third-order valence-electron chi connectivity index (χ3n) is 3.37. The molecule has 4 nitrogen and oxygen atoms in total. The van der Waals surface area contributed by atoms with Crippen LogP contribution in [0.3, 0.4) is 0 Å². The summed E-state index contributed by atoms with van der Waals surface area (Å²) in [6.45, 7) is 0. The van der Waals surface area contributed by atoms with Crippen molar-refractivity contribution in [3.63, 3.8) is 0 Å². The van der Waals surface area contributed by atoms with Crippen molar-refractivity contribution in [2.75, 3.05) is 19.1 Å². The Hall–Kier alpha value is -1.71. The fraction of sp³-hybridized carbons (Fsp3) is 0.462. The molecule has 1 aromatic carbocycles. The number of aryl methyl sites for hydroxylation is 1. The molecular weight excluding hydrogens is 218 g/mol. The Kier molecular flexibility index (Phi) is 3.22. The average molecular weight is 235 g/mol. The largest absolute Gasteiger partial charge is 0.497 e. The van der Waals surface area contributed by atoms with E-state index in [-0.39, 0.29) is 12.5 Å².